The molecule has 0 aliphatic heterocycles. The lowest BCUT2D eigenvalue weighted by molar-refractivity contribution is 0.550. The molecule has 1 aromatic heterocycles. The summed E-state index contributed by atoms with van der Waals surface area (Å²) in [5.41, 5.74) is 2.95. The Hall–Kier alpha value is -1.26. The molecular weight excluding hydrogens is 235 g/mol. The van der Waals surface area contributed by atoms with Crippen molar-refractivity contribution in [2.24, 2.45) is 0 Å². The summed E-state index contributed by atoms with van der Waals surface area (Å²) in [5, 5.41) is 3.41. The van der Waals surface area contributed by atoms with Crippen molar-refractivity contribution in [3.05, 3.63) is 52.2 Å². The van der Waals surface area contributed by atoms with E-state index in [1.165, 1.54) is 17.0 Å². The average Bonchev–Trinajstić information content (AvgIpc) is 2.82. The molecule has 0 spiro atoms. The number of likely N-dealkylation sites (N-methyl/N-ethyl adjacent to an activating group) is 1. The first kappa shape index (κ1) is 12.2. The normalized spacial score (nSPS) is 12.6. The molecule has 1 atom stereocenters. The molecule has 4 heteroatoms. The standard InChI is InChI=1S/C13H15FN2S/c1-2-16-13(7-12-8-15-9-17-12)10-3-5-11(14)6-4-10/h3-6,8-9,13,16H,2,7H2,1H3. The molecule has 1 unspecified atom stereocenters. The molecule has 0 saturated heterocycles. The van der Waals surface area contributed by atoms with Crippen LogP contribution >= 0.6 is 11.3 Å². The fourth-order valence-corrected chi connectivity index (χ4v) is 2.44. The van der Waals surface area contributed by atoms with Gasteiger partial charge in [-0.25, -0.2) is 4.39 Å². The second-order valence-corrected chi connectivity index (χ2v) is 4.80. The zero-order chi connectivity index (χ0) is 12.1. The Balaban J connectivity index is 2.13. The Kier molecular flexibility index (Phi) is 4.23. The molecule has 90 valence electrons. The highest BCUT2D eigenvalue weighted by atomic mass is 32.1. The van der Waals surface area contributed by atoms with Gasteiger partial charge in [-0.05, 0) is 24.2 Å². The van der Waals surface area contributed by atoms with E-state index in [1.807, 2.05) is 23.8 Å². The van der Waals surface area contributed by atoms with Gasteiger partial charge in [0.15, 0.2) is 0 Å². The Morgan fingerprint density at radius 1 is 1.35 bits per heavy atom. The highest BCUT2D eigenvalue weighted by Gasteiger charge is 2.11. The van der Waals surface area contributed by atoms with Crippen molar-refractivity contribution in [3.8, 4) is 0 Å². The minimum atomic E-state index is -0.193. The van der Waals surface area contributed by atoms with Gasteiger partial charge in [0, 0.05) is 23.5 Å². The minimum absolute atomic E-state index is 0.193. The average molecular weight is 250 g/mol. The molecule has 17 heavy (non-hydrogen) atoms. The van der Waals surface area contributed by atoms with E-state index in [2.05, 4.69) is 17.2 Å². The largest absolute Gasteiger partial charge is 0.310 e. The number of nitrogens with one attached hydrogen (secondary N) is 1. The summed E-state index contributed by atoms with van der Waals surface area (Å²) in [7, 11) is 0. The number of hydrogen-bond donors (Lipinski definition) is 1. The third-order valence-electron chi connectivity index (χ3n) is 2.61. The fourth-order valence-electron chi connectivity index (χ4n) is 1.79. The first-order valence-corrected chi connectivity index (χ1v) is 6.53. The molecule has 2 rings (SSSR count). The van der Waals surface area contributed by atoms with Crippen LogP contribution in [0.25, 0.3) is 0 Å². The van der Waals surface area contributed by atoms with Crippen LogP contribution in [-0.2, 0) is 6.42 Å². The molecule has 0 aliphatic carbocycles. The molecular formula is C13H15FN2S. The molecule has 0 bridgehead atoms. The molecule has 0 aliphatic rings. The Labute approximate surface area is 105 Å². The van der Waals surface area contributed by atoms with Crippen molar-refractivity contribution >= 4 is 11.3 Å². The summed E-state index contributed by atoms with van der Waals surface area (Å²) < 4.78 is 12.9. The van der Waals surface area contributed by atoms with Crippen molar-refractivity contribution in [1.29, 1.82) is 0 Å². The van der Waals surface area contributed by atoms with Crippen LogP contribution < -0.4 is 5.32 Å². The predicted octanol–water partition coefficient (Wildman–Crippen LogP) is 3.18. The second-order valence-electron chi connectivity index (χ2n) is 3.83. The number of halogens is 1. The zero-order valence-corrected chi connectivity index (χ0v) is 10.5. The molecule has 0 radical (unpaired) electrons. The first-order chi connectivity index (χ1) is 8.29. The maximum absolute atomic E-state index is 12.9. The summed E-state index contributed by atoms with van der Waals surface area (Å²) >= 11 is 1.65. The highest BCUT2D eigenvalue weighted by Crippen LogP contribution is 2.20. The van der Waals surface area contributed by atoms with Gasteiger partial charge in [0.05, 0.1) is 5.51 Å². The van der Waals surface area contributed by atoms with E-state index in [9.17, 15) is 4.39 Å². The molecule has 2 nitrogen and oxygen atoms in total. The number of benzene rings is 1. The highest BCUT2D eigenvalue weighted by molar-refractivity contribution is 7.09. The van der Waals surface area contributed by atoms with E-state index < -0.39 is 0 Å². The maximum atomic E-state index is 12.9. The van der Waals surface area contributed by atoms with Crippen LogP contribution in [0.15, 0.2) is 36.0 Å². The topological polar surface area (TPSA) is 24.9 Å². The summed E-state index contributed by atoms with van der Waals surface area (Å²) in [6, 6.07) is 6.91. The zero-order valence-electron chi connectivity index (χ0n) is 9.69. The van der Waals surface area contributed by atoms with Gasteiger partial charge in [0.25, 0.3) is 0 Å². The summed E-state index contributed by atoms with van der Waals surface area (Å²) in [4.78, 5) is 5.31. The molecule has 0 amide bonds. The molecule has 2 aromatic rings. The maximum Gasteiger partial charge on any atom is 0.123 e. The van der Waals surface area contributed by atoms with E-state index in [0.29, 0.717) is 0 Å². The summed E-state index contributed by atoms with van der Waals surface area (Å²) in [6.07, 6.45) is 2.78. The van der Waals surface area contributed by atoms with Gasteiger partial charge in [-0.3, -0.25) is 4.98 Å². The second kappa shape index (κ2) is 5.89. The number of rotatable bonds is 5. The van der Waals surface area contributed by atoms with E-state index in [1.54, 1.807) is 11.3 Å². The third-order valence-corrected chi connectivity index (χ3v) is 3.41. The van der Waals surface area contributed by atoms with Gasteiger partial charge in [0.2, 0.25) is 0 Å². The van der Waals surface area contributed by atoms with Gasteiger partial charge in [-0.15, -0.1) is 11.3 Å². The van der Waals surface area contributed by atoms with E-state index >= 15 is 0 Å². The van der Waals surface area contributed by atoms with Crippen LogP contribution in [0.3, 0.4) is 0 Å². The molecule has 1 aromatic carbocycles. The van der Waals surface area contributed by atoms with Gasteiger partial charge >= 0.3 is 0 Å². The Morgan fingerprint density at radius 2 is 2.12 bits per heavy atom. The van der Waals surface area contributed by atoms with Gasteiger partial charge < -0.3 is 5.32 Å². The number of nitrogens with zero attached hydrogens (tertiary/aromatic N) is 1. The quantitative estimate of drug-likeness (QED) is 0.881. The number of thiazole rings is 1. The van der Waals surface area contributed by atoms with Crippen LogP contribution in [0, 0.1) is 5.82 Å². The van der Waals surface area contributed by atoms with Crippen LogP contribution in [0.2, 0.25) is 0 Å². The van der Waals surface area contributed by atoms with Crippen LogP contribution in [0.5, 0.6) is 0 Å². The lowest BCUT2D eigenvalue weighted by Crippen LogP contribution is -2.22. The number of aromatic nitrogens is 1. The van der Waals surface area contributed by atoms with Crippen molar-refractivity contribution in [2.75, 3.05) is 6.54 Å². The van der Waals surface area contributed by atoms with Gasteiger partial charge in [-0.1, -0.05) is 19.1 Å². The van der Waals surface area contributed by atoms with E-state index in [4.69, 9.17) is 0 Å². The summed E-state index contributed by atoms with van der Waals surface area (Å²) in [6.45, 7) is 2.96. The fraction of sp³-hybridized carbons (Fsp3) is 0.308. The van der Waals surface area contributed by atoms with Crippen molar-refractivity contribution in [2.45, 2.75) is 19.4 Å². The predicted molar refractivity (Wildman–Crippen MR) is 68.6 cm³/mol. The first-order valence-electron chi connectivity index (χ1n) is 5.66. The van der Waals surface area contributed by atoms with Crippen LogP contribution in [-0.4, -0.2) is 11.5 Å². The smallest absolute Gasteiger partial charge is 0.123 e. The van der Waals surface area contributed by atoms with E-state index in [-0.39, 0.29) is 11.9 Å². The lowest BCUT2D eigenvalue weighted by Gasteiger charge is -2.17. The Morgan fingerprint density at radius 3 is 2.71 bits per heavy atom. The SMILES string of the molecule is CCNC(Cc1cncs1)c1ccc(F)cc1. The summed E-state index contributed by atoms with van der Waals surface area (Å²) in [5.74, 6) is -0.193. The van der Waals surface area contributed by atoms with Gasteiger partial charge in [-0.2, -0.15) is 0 Å². The molecule has 0 saturated carbocycles. The molecule has 0 fully saturated rings. The Bertz CT molecular complexity index is 439. The molecule has 1 N–H and O–H groups in total. The van der Waals surface area contributed by atoms with Crippen molar-refractivity contribution in [3.63, 3.8) is 0 Å². The van der Waals surface area contributed by atoms with Crippen LogP contribution in [0.4, 0.5) is 4.39 Å². The minimum Gasteiger partial charge on any atom is -0.310 e. The number of hydrogen-bond acceptors (Lipinski definition) is 3. The monoisotopic (exact) mass is 250 g/mol. The van der Waals surface area contributed by atoms with Crippen molar-refractivity contribution < 1.29 is 4.39 Å². The van der Waals surface area contributed by atoms with Crippen LogP contribution in [0.1, 0.15) is 23.4 Å². The molecule has 1 heterocycles. The lowest BCUT2D eigenvalue weighted by atomic mass is 10.0. The third kappa shape index (κ3) is 3.35. The van der Waals surface area contributed by atoms with Crippen molar-refractivity contribution in [1.82, 2.24) is 10.3 Å². The van der Waals surface area contributed by atoms with E-state index in [0.717, 1.165) is 18.5 Å². The van der Waals surface area contributed by atoms with Gasteiger partial charge in [0.1, 0.15) is 5.82 Å².